The van der Waals surface area contributed by atoms with Crippen LogP contribution in [0, 0.1) is 23.4 Å². The van der Waals surface area contributed by atoms with E-state index in [1.54, 1.807) is 41.3 Å². The monoisotopic (exact) mass is 578 g/mol. The quantitative estimate of drug-likeness (QED) is 0.397. The molecule has 5 rings (SSSR count). The molecule has 6 nitrogen and oxygen atoms in total. The largest absolute Gasteiger partial charge is 0.368 e. The third kappa shape index (κ3) is 6.25. The van der Waals surface area contributed by atoms with Gasteiger partial charge in [-0.25, -0.2) is 18.0 Å². The Bertz CT molecular complexity index is 1360. The van der Waals surface area contributed by atoms with E-state index in [1.807, 2.05) is 18.7 Å². The van der Waals surface area contributed by atoms with Gasteiger partial charge in [0.15, 0.2) is 0 Å². The first-order chi connectivity index (χ1) is 20.2. The highest BCUT2D eigenvalue weighted by atomic mass is 19.1. The Balaban J connectivity index is 1.28. The van der Waals surface area contributed by atoms with Crippen molar-refractivity contribution in [2.24, 2.45) is 5.92 Å². The number of piperidine rings is 1. The maximum absolute atomic E-state index is 14.1. The Morgan fingerprint density at radius 2 is 1.17 bits per heavy atom. The summed E-state index contributed by atoms with van der Waals surface area (Å²) in [6.07, 6.45) is 0.778. The third-order valence-corrected chi connectivity index (χ3v) is 8.64. The number of carbonyl (C=O) groups excluding carboxylic acids is 2. The maximum Gasteiger partial charge on any atom is 0.320 e. The zero-order valence-electron chi connectivity index (χ0n) is 24.0. The summed E-state index contributed by atoms with van der Waals surface area (Å²) in [5, 5.41) is 3.21. The Hall–Kier alpha value is -4.01. The lowest BCUT2D eigenvalue weighted by Crippen LogP contribution is -2.57. The second-order valence-electron chi connectivity index (χ2n) is 11.6. The van der Waals surface area contributed by atoms with Crippen molar-refractivity contribution in [1.29, 1.82) is 0 Å². The van der Waals surface area contributed by atoms with E-state index >= 15 is 0 Å². The number of urea groups is 1. The van der Waals surface area contributed by atoms with Crippen LogP contribution in [0.25, 0.3) is 0 Å². The normalized spacial score (nSPS) is 17.7. The number of rotatable bonds is 6. The summed E-state index contributed by atoms with van der Waals surface area (Å²) >= 11 is 0. The van der Waals surface area contributed by atoms with Gasteiger partial charge in [-0.05, 0) is 78.4 Å². The minimum absolute atomic E-state index is 0.0416. The molecule has 0 aliphatic carbocycles. The second-order valence-corrected chi connectivity index (χ2v) is 11.6. The van der Waals surface area contributed by atoms with Gasteiger partial charge >= 0.3 is 6.03 Å². The summed E-state index contributed by atoms with van der Waals surface area (Å²) in [6, 6.07) is 18.1. The van der Waals surface area contributed by atoms with Crippen molar-refractivity contribution in [2.75, 3.05) is 44.2 Å². The molecule has 0 bridgehead atoms. The highest BCUT2D eigenvalue weighted by molar-refractivity contribution is 5.89. The maximum atomic E-state index is 14.1. The van der Waals surface area contributed by atoms with Gasteiger partial charge in [0.1, 0.15) is 17.5 Å². The van der Waals surface area contributed by atoms with E-state index in [-0.39, 0.29) is 41.3 Å². The van der Waals surface area contributed by atoms with Crippen LogP contribution < -0.4 is 10.2 Å². The van der Waals surface area contributed by atoms with E-state index in [2.05, 4.69) is 10.2 Å². The molecule has 3 aromatic rings. The first-order valence-corrected chi connectivity index (χ1v) is 14.5. The molecule has 1 atom stereocenters. The van der Waals surface area contributed by atoms with Gasteiger partial charge in [0.2, 0.25) is 5.91 Å². The predicted molar refractivity (Wildman–Crippen MR) is 157 cm³/mol. The smallest absolute Gasteiger partial charge is 0.320 e. The molecule has 0 spiro atoms. The van der Waals surface area contributed by atoms with Gasteiger partial charge in [-0.15, -0.1) is 0 Å². The van der Waals surface area contributed by atoms with E-state index in [1.165, 1.54) is 36.4 Å². The number of anilines is 1. The van der Waals surface area contributed by atoms with E-state index in [9.17, 15) is 22.8 Å². The van der Waals surface area contributed by atoms with Gasteiger partial charge < -0.3 is 20.0 Å². The number of benzene rings is 3. The van der Waals surface area contributed by atoms with Crippen LogP contribution in [0.5, 0.6) is 0 Å². The van der Waals surface area contributed by atoms with Crippen molar-refractivity contribution in [2.45, 2.75) is 38.1 Å². The van der Waals surface area contributed by atoms with Crippen LogP contribution in [0.3, 0.4) is 0 Å². The van der Waals surface area contributed by atoms with Crippen LogP contribution in [0.2, 0.25) is 0 Å². The molecule has 222 valence electrons. The summed E-state index contributed by atoms with van der Waals surface area (Å²) in [4.78, 5) is 33.4. The molecule has 0 aromatic heterocycles. The van der Waals surface area contributed by atoms with Crippen molar-refractivity contribution < 1.29 is 22.8 Å². The predicted octanol–water partition coefficient (Wildman–Crippen LogP) is 5.89. The molecule has 2 saturated heterocycles. The fourth-order valence-electron chi connectivity index (χ4n) is 6.09. The number of hydrogen-bond donors (Lipinski definition) is 1. The average Bonchev–Trinajstić information content (AvgIpc) is 3.00. The van der Waals surface area contributed by atoms with Crippen LogP contribution in [-0.2, 0) is 10.2 Å². The lowest BCUT2D eigenvalue weighted by molar-refractivity contribution is -0.129. The zero-order chi connectivity index (χ0) is 29.9. The number of carbonyl (C=O) groups is 2. The summed E-state index contributed by atoms with van der Waals surface area (Å²) in [5.41, 5.74) is 1.50. The van der Waals surface area contributed by atoms with Crippen molar-refractivity contribution in [3.63, 3.8) is 0 Å². The molecule has 1 unspecified atom stereocenters. The molecule has 0 radical (unpaired) electrons. The lowest BCUT2D eigenvalue weighted by Gasteiger charge is -2.44. The van der Waals surface area contributed by atoms with Gasteiger partial charge in [0, 0.05) is 45.0 Å². The minimum atomic E-state index is -0.946. The van der Waals surface area contributed by atoms with Crippen LogP contribution in [-0.4, -0.2) is 61.0 Å². The van der Waals surface area contributed by atoms with Gasteiger partial charge in [0.05, 0.1) is 11.5 Å². The molecular weight excluding hydrogens is 541 g/mol. The van der Waals surface area contributed by atoms with Crippen molar-refractivity contribution in [1.82, 2.24) is 15.1 Å². The summed E-state index contributed by atoms with van der Waals surface area (Å²) < 4.78 is 40.8. The first-order valence-electron chi connectivity index (χ1n) is 14.5. The highest BCUT2D eigenvalue weighted by Gasteiger charge is 2.45. The Labute approximate surface area is 245 Å². The van der Waals surface area contributed by atoms with E-state index < -0.39 is 5.41 Å². The van der Waals surface area contributed by atoms with Gasteiger partial charge in [-0.3, -0.25) is 4.79 Å². The number of hydrogen-bond acceptors (Lipinski definition) is 3. The Morgan fingerprint density at radius 1 is 0.690 bits per heavy atom. The number of nitrogens with zero attached hydrogens (tertiary/aromatic N) is 3. The topological polar surface area (TPSA) is 55.9 Å². The average molecular weight is 579 g/mol. The molecule has 9 heteroatoms. The van der Waals surface area contributed by atoms with E-state index in [4.69, 9.17) is 0 Å². The molecule has 42 heavy (non-hydrogen) atoms. The summed E-state index contributed by atoms with van der Waals surface area (Å²) in [7, 11) is 0. The van der Waals surface area contributed by atoms with Gasteiger partial charge in [-0.2, -0.15) is 0 Å². The summed E-state index contributed by atoms with van der Waals surface area (Å²) in [6.45, 7) is 7.13. The Morgan fingerprint density at radius 3 is 1.69 bits per heavy atom. The molecule has 2 aliphatic heterocycles. The fourth-order valence-corrected chi connectivity index (χ4v) is 6.09. The number of likely N-dealkylation sites (tertiary alicyclic amines) is 1. The Kier molecular flexibility index (Phi) is 8.75. The van der Waals surface area contributed by atoms with Crippen molar-refractivity contribution in [3.8, 4) is 0 Å². The van der Waals surface area contributed by atoms with Crippen LogP contribution in [0.1, 0.15) is 43.9 Å². The molecule has 0 saturated carbocycles. The number of amides is 3. The lowest BCUT2D eigenvalue weighted by atomic mass is 9.71. The number of nitrogens with one attached hydrogen (secondary N) is 1. The molecule has 3 aromatic carbocycles. The van der Waals surface area contributed by atoms with Crippen LogP contribution >= 0.6 is 0 Å². The van der Waals surface area contributed by atoms with Crippen molar-refractivity contribution >= 4 is 17.6 Å². The highest BCUT2D eigenvalue weighted by Crippen LogP contribution is 2.38. The molecule has 2 fully saturated rings. The standard InChI is InChI=1S/C33H37F3N4O2/c1-23(2)30(24-3-7-26(34)8-4-24)37-31(41)33(25-5-9-27(35)10-6-25)15-17-39(18-16-33)32(42)40-21-19-38(20-22-40)29-13-11-28(36)12-14-29/h3-14,23,30H,15-22H2,1-2H3,(H,37,41). The van der Waals surface area contributed by atoms with E-state index in [0.29, 0.717) is 57.7 Å². The van der Waals surface area contributed by atoms with E-state index in [0.717, 1.165) is 11.3 Å². The zero-order valence-corrected chi connectivity index (χ0v) is 24.0. The van der Waals surface area contributed by atoms with Crippen molar-refractivity contribution in [3.05, 3.63) is 101 Å². The molecule has 2 heterocycles. The first kappa shape index (κ1) is 29.5. The third-order valence-electron chi connectivity index (χ3n) is 8.64. The fraction of sp³-hybridized carbons (Fsp3) is 0.394. The molecular formula is C33H37F3N4O2. The number of piperazine rings is 1. The van der Waals surface area contributed by atoms with Crippen LogP contribution in [0.4, 0.5) is 23.7 Å². The molecule has 1 N–H and O–H groups in total. The minimum Gasteiger partial charge on any atom is -0.368 e. The van der Waals surface area contributed by atoms with Crippen LogP contribution in [0.15, 0.2) is 72.8 Å². The SMILES string of the molecule is CC(C)C(NC(=O)C1(c2ccc(F)cc2)CCN(C(=O)N2CCN(c3ccc(F)cc3)CC2)CC1)c1ccc(F)cc1. The van der Waals surface area contributed by atoms with Gasteiger partial charge in [0.25, 0.3) is 0 Å². The second kappa shape index (κ2) is 12.5. The molecule has 3 amide bonds. The number of halogens is 3. The van der Waals surface area contributed by atoms with Gasteiger partial charge in [-0.1, -0.05) is 38.1 Å². The molecule has 2 aliphatic rings. The summed E-state index contributed by atoms with van der Waals surface area (Å²) in [5.74, 6) is -1.15.